The molecule has 0 aromatic heterocycles. The SMILES string of the molecule is CCCCCCOc1ccc([C@]2(C)CC(c3ccc(OC)cc3)=C(C(=O)NS(=O)(=O)C3CC3)C(=O)N2)c(F)c1.[2H]C1([2H])C(c2ccc(OC)cc2)=C(C(=O)NS(=O)(=O)C2CC2)C(=O)N[C@]1(C)c1ccc(OCCCCCC)cc1F. The number of carbonyl (C=O) groups excluding carboxylic acids is 4. The molecule has 0 saturated heterocycles. The lowest BCUT2D eigenvalue weighted by Gasteiger charge is -2.37. The second kappa shape index (κ2) is 25.3. The van der Waals surface area contributed by atoms with Crippen molar-refractivity contribution in [3.63, 3.8) is 0 Å². The first-order valence-electron chi connectivity index (χ1n) is 27.3. The fourth-order valence-electron chi connectivity index (χ4n) is 9.20. The maximum Gasteiger partial charge on any atom is 0.270 e. The van der Waals surface area contributed by atoms with E-state index in [-0.39, 0.29) is 40.0 Å². The Hall–Kier alpha value is -6.80. The predicted octanol–water partition coefficient (Wildman–Crippen LogP) is 9.18. The van der Waals surface area contributed by atoms with Crippen LogP contribution < -0.4 is 39.0 Å². The molecule has 4 aromatic carbocycles. The van der Waals surface area contributed by atoms with Gasteiger partial charge in [-0.1, -0.05) is 88.8 Å². The van der Waals surface area contributed by atoms with Crippen molar-refractivity contribution in [1.82, 2.24) is 20.1 Å². The lowest BCUT2D eigenvalue weighted by atomic mass is 9.78. The number of benzene rings is 4. The summed E-state index contributed by atoms with van der Waals surface area (Å²) in [5.41, 5.74) is -3.54. The van der Waals surface area contributed by atoms with E-state index in [0.29, 0.717) is 67.3 Å². The van der Waals surface area contributed by atoms with Crippen molar-refractivity contribution in [2.45, 2.75) is 139 Å². The van der Waals surface area contributed by atoms with Crippen LogP contribution in [0, 0.1) is 11.6 Å². The maximum atomic E-state index is 15.6. The predicted molar refractivity (Wildman–Crippen MR) is 292 cm³/mol. The normalized spacial score (nSPS) is 20.5. The van der Waals surface area contributed by atoms with E-state index in [1.165, 1.54) is 63.6 Å². The van der Waals surface area contributed by atoms with Gasteiger partial charge in [0.1, 0.15) is 45.8 Å². The third-order valence-electron chi connectivity index (χ3n) is 13.9. The summed E-state index contributed by atoms with van der Waals surface area (Å²) in [7, 11) is -4.97. The fourth-order valence-corrected chi connectivity index (χ4v) is 11.8. The van der Waals surface area contributed by atoms with Crippen molar-refractivity contribution in [1.29, 1.82) is 0 Å². The van der Waals surface area contributed by atoms with Gasteiger partial charge >= 0.3 is 0 Å². The molecule has 4 aliphatic rings. The molecule has 8 rings (SSSR count). The molecule has 20 heteroatoms. The molecule has 2 aliphatic heterocycles. The molecule has 2 atom stereocenters. The van der Waals surface area contributed by atoms with Crippen LogP contribution in [0.1, 0.15) is 143 Å². The Bertz CT molecular complexity index is 3260. The topological polar surface area (TPSA) is 222 Å². The van der Waals surface area contributed by atoms with Gasteiger partial charge in [-0.2, -0.15) is 0 Å². The molecule has 16 nitrogen and oxygen atoms in total. The van der Waals surface area contributed by atoms with Crippen LogP contribution in [0.25, 0.3) is 11.1 Å². The van der Waals surface area contributed by atoms with E-state index in [2.05, 4.69) is 29.2 Å². The number of unbranched alkanes of at least 4 members (excludes halogenated alkanes) is 6. The van der Waals surface area contributed by atoms with Gasteiger partial charge in [-0.05, 0) is 111 Å². The molecule has 2 fully saturated rings. The Labute approximate surface area is 459 Å². The maximum absolute atomic E-state index is 15.6. The number of carbonyl (C=O) groups is 4. The van der Waals surface area contributed by atoms with Crippen molar-refractivity contribution in [2.75, 3.05) is 27.4 Å². The molecule has 2 saturated carbocycles. The van der Waals surface area contributed by atoms with Gasteiger partial charge < -0.3 is 29.6 Å². The lowest BCUT2D eigenvalue weighted by molar-refractivity contribution is -0.126. The summed E-state index contributed by atoms with van der Waals surface area (Å²) in [5, 5.41) is 3.86. The number of rotatable bonds is 24. The zero-order valence-corrected chi connectivity index (χ0v) is 46.4. The fraction of sp³-hybridized carbons (Fsp3) is 0.448. The van der Waals surface area contributed by atoms with Crippen LogP contribution >= 0.6 is 0 Å². The minimum atomic E-state index is -4.05. The summed E-state index contributed by atoms with van der Waals surface area (Å²) in [5.74, 6) is -3.75. The summed E-state index contributed by atoms with van der Waals surface area (Å²) in [4.78, 5) is 53.4. The number of amides is 4. The molecular weight excluding hydrogens is 1050 g/mol. The van der Waals surface area contributed by atoms with E-state index in [0.717, 1.165) is 57.4 Å². The summed E-state index contributed by atoms with van der Waals surface area (Å²) in [6.45, 7) is 8.11. The first-order valence-corrected chi connectivity index (χ1v) is 29.4. The van der Waals surface area contributed by atoms with Crippen molar-refractivity contribution < 1.29 is 66.5 Å². The van der Waals surface area contributed by atoms with E-state index < -0.39 is 88.8 Å². The van der Waals surface area contributed by atoms with Gasteiger partial charge in [0.2, 0.25) is 20.0 Å². The van der Waals surface area contributed by atoms with E-state index in [1.54, 1.807) is 43.3 Å². The zero-order valence-electron chi connectivity index (χ0n) is 46.8. The summed E-state index contributed by atoms with van der Waals surface area (Å²) in [6.07, 6.45) is 7.25. The highest BCUT2D eigenvalue weighted by molar-refractivity contribution is 7.91. The van der Waals surface area contributed by atoms with Crippen molar-refractivity contribution in [3.8, 4) is 23.0 Å². The third kappa shape index (κ3) is 14.5. The van der Waals surface area contributed by atoms with E-state index in [9.17, 15) is 38.8 Å². The second-order valence-corrected chi connectivity index (χ2v) is 24.1. The Kier molecular flexibility index (Phi) is 18.2. The number of methoxy groups -OCH3 is 2. The van der Waals surface area contributed by atoms with Gasteiger partial charge in [0.05, 0.1) is 49.0 Å². The van der Waals surface area contributed by atoms with Crippen LogP contribution in [0.3, 0.4) is 0 Å². The van der Waals surface area contributed by atoms with Crippen LogP contribution in [0.4, 0.5) is 8.78 Å². The smallest absolute Gasteiger partial charge is 0.270 e. The highest BCUT2D eigenvalue weighted by atomic mass is 32.2. The molecule has 2 aliphatic carbocycles. The van der Waals surface area contributed by atoms with Crippen LogP contribution in [-0.4, -0.2) is 78.4 Å². The Morgan fingerprint density at radius 2 is 0.974 bits per heavy atom. The van der Waals surface area contributed by atoms with Crippen molar-refractivity contribution in [3.05, 3.63) is 130 Å². The molecule has 78 heavy (non-hydrogen) atoms. The Balaban J connectivity index is 0.000000231. The standard InChI is InChI=1S/2C29H35FN2O6S/c2*1-4-5-6-7-16-38-21-12-15-24(25(30)17-21)29(2)18-23(19-8-10-20(37-3)11-9-19)26(27(33)31-29)28(34)32-39(35,36)22-13-14-22/h2*8-12,15,17,22H,4-7,13-14,16,18H2,1-3H3,(H,31,33)(H,32,34)/t2*29-/m00/s1/i18D2;. The zero-order chi connectivity index (χ0) is 58.2. The quantitative estimate of drug-likeness (QED) is 0.0381. The molecular formula is C58H70F2N4O12S2. The lowest BCUT2D eigenvalue weighted by Crippen LogP contribution is -2.51. The number of ether oxygens (including phenoxy) is 4. The first kappa shape index (κ1) is 55.9. The number of hydrogen-bond donors (Lipinski definition) is 4. The number of halogens is 2. The minimum absolute atomic E-state index is 0.0471. The van der Waals surface area contributed by atoms with E-state index in [4.69, 9.17) is 18.9 Å². The first-order chi connectivity index (χ1) is 37.9. The second-order valence-electron chi connectivity index (χ2n) is 20.2. The highest BCUT2D eigenvalue weighted by Crippen LogP contribution is 2.43. The van der Waals surface area contributed by atoms with Gasteiger partial charge in [-0.15, -0.1) is 0 Å². The summed E-state index contributed by atoms with van der Waals surface area (Å²) >= 11 is 0. The molecule has 420 valence electrons. The van der Waals surface area contributed by atoms with Gasteiger partial charge in [-0.25, -0.2) is 35.1 Å². The molecule has 0 spiro atoms. The molecule has 4 amide bonds. The molecule has 0 radical (unpaired) electrons. The van der Waals surface area contributed by atoms with Crippen LogP contribution in [0.2, 0.25) is 0 Å². The van der Waals surface area contributed by atoms with Gasteiger partial charge in [0.25, 0.3) is 23.6 Å². The van der Waals surface area contributed by atoms with Crippen molar-refractivity contribution in [2.24, 2.45) is 0 Å². The average molecular weight is 1120 g/mol. The summed E-state index contributed by atoms with van der Waals surface area (Å²) < 4.78 is 125. The number of hydrogen-bond acceptors (Lipinski definition) is 12. The highest BCUT2D eigenvalue weighted by Gasteiger charge is 2.46. The van der Waals surface area contributed by atoms with Gasteiger partial charge in [0.15, 0.2) is 0 Å². The number of nitrogens with one attached hydrogen (secondary N) is 4. The van der Waals surface area contributed by atoms with Gasteiger partial charge in [-0.3, -0.25) is 19.2 Å². The Morgan fingerprint density at radius 1 is 0.590 bits per heavy atom. The van der Waals surface area contributed by atoms with Crippen molar-refractivity contribution >= 4 is 54.8 Å². The van der Waals surface area contributed by atoms with Crippen LogP contribution in [0.15, 0.2) is 96.1 Å². The molecule has 4 aromatic rings. The minimum Gasteiger partial charge on any atom is -0.497 e. The van der Waals surface area contributed by atoms with Crippen LogP contribution in [-0.2, 0) is 50.3 Å². The molecule has 0 bridgehead atoms. The monoisotopic (exact) mass is 1120 g/mol. The largest absolute Gasteiger partial charge is 0.497 e. The van der Waals surface area contributed by atoms with E-state index in [1.807, 2.05) is 4.72 Å². The third-order valence-corrected chi connectivity index (χ3v) is 17.5. The number of sulfonamides is 2. The molecule has 2 heterocycles. The average Bonchev–Trinajstić information content (AvgIpc) is 4.37. The van der Waals surface area contributed by atoms with Gasteiger partial charge in [0, 0.05) is 38.8 Å². The molecule has 4 N–H and O–H groups in total. The van der Waals surface area contributed by atoms with E-state index >= 15 is 8.78 Å². The Morgan fingerprint density at radius 3 is 1.37 bits per heavy atom. The molecule has 0 unspecified atom stereocenters. The summed E-state index contributed by atoms with van der Waals surface area (Å²) in [6, 6.07) is 21.2. The van der Waals surface area contributed by atoms with Crippen LogP contribution in [0.5, 0.6) is 23.0 Å².